The van der Waals surface area contributed by atoms with Crippen LogP contribution in [0.15, 0.2) is 51.7 Å². The summed E-state index contributed by atoms with van der Waals surface area (Å²) in [4.78, 5) is 39.8. The summed E-state index contributed by atoms with van der Waals surface area (Å²) in [6.07, 6.45) is 1.26. The number of Topliss-reactive ketones (excluding diaryl/α,β-unsaturated/α-hetero) is 1. The fourth-order valence-corrected chi connectivity index (χ4v) is 4.56. The van der Waals surface area contributed by atoms with Gasteiger partial charge in [-0.1, -0.05) is 29.8 Å². The largest absolute Gasteiger partial charge is 0.486 e. The number of para-hydroxylation sites is 1. The van der Waals surface area contributed by atoms with Crippen LogP contribution < -0.4 is 10.4 Å². The molecule has 3 aromatic rings. The number of carbonyl (C=O) groups excluding carboxylic acids is 2. The van der Waals surface area contributed by atoms with Gasteiger partial charge in [0, 0.05) is 36.3 Å². The number of carbonyl (C=O) groups is 2. The average molecular weight is 438 g/mol. The third kappa shape index (κ3) is 3.41. The van der Waals surface area contributed by atoms with Crippen molar-refractivity contribution in [1.82, 2.24) is 4.90 Å². The van der Waals surface area contributed by atoms with Crippen molar-refractivity contribution in [2.75, 3.05) is 13.1 Å². The Morgan fingerprint density at radius 2 is 1.84 bits per heavy atom. The van der Waals surface area contributed by atoms with Gasteiger partial charge < -0.3 is 14.1 Å². The van der Waals surface area contributed by atoms with Crippen LogP contribution in [0.4, 0.5) is 0 Å². The number of fused-ring (bicyclic) bond motifs is 2. The molecule has 3 heterocycles. The van der Waals surface area contributed by atoms with Gasteiger partial charge in [0.1, 0.15) is 22.5 Å². The highest BCUT2D eigenvalue weighted by Crippen LogP contribution is 2.41. The number of halogens is 1. The van der Waals surface area contributed by atoms with E-state index in [-0.39, 0.29) is 23.7 Å². The van der Waals surface area contributed by atoms with E-state index in [1.54, 1.807) is 41.3 Å². The second kappa shape index (κ2) is 7.24. The molecule has 5 rings (SSSR count). The number of rotatable bonds is 1. The van der Waals surface area contributed by atoms with E-state index in [4.69, 9.17) is 20.8 Å². The van der Waals surface area contributed by atoms with Crippen molar-refractivity contribution in [3.63, 3.8) is 0 Å². The van der Waals surface area contributed by atoms with Crippen molar-refractivity contribution in [3.8, 4) is 5.75 Å². The van der Waals surface area contributed by atoms with E-state index in [0.29, 0.717) is 53.2 Å². The molecule has 2 aliphatic heterocycles. The van der Waals surface area contributed by atoms with Crippen LogP contribution in [0.3, 0.4) is 0 Å². The molecule has 0 aliphatic carbocycles. The predicted molar refractivity (Wildman–Crippen MR) is 116 cm³/mol. The standard InChI is InChI=1S/C24H20ClNO5/c1-14-10-21-16(12-18(14)25)19(27)13-24(31-21)6-8-26(9-7-24)22(28)17-11-15-4-2-3-5-20(15)30-23(17)29/h2-5,10-12H,6-9,13H2,1H3. The second-order valence-corrected chi connectivity index (χ2v) is 8.67. The lowest BCUT2D eigenvalue weighted by atomic mass is 9.82. The molecular formula is C24H20ClNO5. The minimum atomic E-state index is -0.644. The van der Waals surface area contributed by atoms with Gasteiger partial charge in [0.15, 0.2) is 5.78 Å². The van der Waals surface area contributed by atoms with Crippen molar-refractivity contribution >= 4 is 34.3 Å². The fourth-order valence-electron chi connectivity index (χ4n) is 4.39. The van der Waals surface area contributed by atoms with E-state index in [2.05, 4.69) is 0 Å². The third-order valence-electron chi connectivity index (χ3n) is 6.20. The SMILES string of the molecule is Cc1cc2c(cc1Cl)C(=O)CC1(CCN(C(=O)c3cc4ccccc4oc3=O)CC1)O2. The number of piperidine rings is 1. The summed E-state index contributed by atoms with van der Waals surface area (Å²) in [5.74, 6) is 0.186. The molecule has 31 heavy (non-hydrogen) atoms. The van der Waals surface area contributed by atoms with Crippen LogP contribution in [-0.2, 0) is 0 Å². The molecule has 2 aromatic carbocycles. The molecule has 0 bridgehead atoms. The number of nitrogens with zero attached hydrogens (tertiary/aromatic N) is 1. The Bertz CT molecular complexity index is 1290. The highest BCUT2D eigenvalue weighted by molar-refractivity contribution is 6.31. The molecule has 1 aromatic heterocycles. The summed E-state index contributed by atoms with van der Waals surface area (Å²) in [5.41, 5.74) is 0.536. The zero-order valence-corrected chi connectivity index (χ0v) is 17.7. The molecule has 0 unspecified atom stereocenters. The number of ether oxygens (including phenoxy) is 1. The Labute approximate surface area is 183 Å². The van der Waals surface area contributed by atoms with Crippen LogP contribution >= 0.6 is 11.6 Å². The first-order valence-corrected chi connectivity index (χ1v) is 10.6. The van der Waals surface area contributed by atoms with Gasteiger partial charge in [-0.2, -0.15) is 0 Å². The van der Waals surface area contributed by atoms with Gasteiger partial charge in [-0.3, -0.25) is 9.59 Å². The highest BCUT2D eigenvalue weighted by Gasteiger charge is 2.44. The topological polar surface area (TPSA) is 76.8 Å². The quantitative estimate of drug-likeness (QED) is 0.527. The maximum absolute atomic E-state index is 13.0. The molecule has 1 fully saturated rings. The molecule has 6 nitrogen and oxygen atoms in total. The summed E-state index contributed by atoms with van der Waals surface area (Å²) in [6.45, 7) is 2.65. The zero-order chi connectivity index (χ0) is 21.8. The van der Waals surface area contributed by atoms with Gasteiger partial charge in [0.2, 0.25) is 0 Å². The van der Waals surface area contributed by atoms with E-state index in [1.165, 1.54) is 0 Å². The molecule has 0 atom stereocenters. The Hall–Kier alpha value is -3.12. The van der Waals surface area contributed by atoms with Gasteiger partial charge >= 0.3 is 5.63 Å². The van der Waals surface area contributed by atoms with Crippen molar-refractivity contribution in [1.29, 1.82) is 0 Å². The monoisotopic (exact) mass is 437 g/mol. The first-order chi connectivity index (χ1) is 14.8. The molecular weight excluding hydrogens is 418 g/mol. The molecule has 1 amide bonds. The highest BCUT2D eigenvalue weighted by atomic mass is 35.5. The minimum Gasteiger partial charge on any atom is -0.486 e. The van der Waals surface area contributed by atoms with Crippen molar-refractivity contribution in [2.24, 2.45) is 0 Å². The molecule has 7 heteroatoms. The maximum atomic E-state index is 13.0. The Balaban J connectivity index is 1.36. The average Bonchev–Trinajstić information content (AvgIpc) is 2.75. The van der Waals surface area contributed by atoms with Gasteiger partial charge in [-0.15, -0.1) is 0 Å². The summed E-state index contributed by atoms with van der Waals surface area (Å²) >= 11 is 6.16. The Morgan fingerprint density at radius 3 is 2.61 bits per heavy atom. The lowest BCUT2D eigenvalue weighted by molar-refractivity contribution is -0.00580. The van der Waals surface area contributed by atoms with Crippen LogP contribution in [0.1, 0.15) is 45.5 Å². The normalized spacial score (nSPS) is 17.5. The number of benzene rings is 2. The molecule has 158 valence electrons. The van der Waals surface area contributed by atoms with E-state index < -0.39 is 11.2 Å². The predicted octanol–water partition coefficient (Wildman–Crippen LogP) is 4.40. The number of amides is 1. The number of ketones is 1. The van der Waals surface area contributed by atoms with Gasteiger partial charge in [0.25, 0.3) is 5.91 Å². The Kier molecular flexibility index (Phi) is 4.63. The number of hydrogen-bond donors (Lipinski definition) is 0. The number of aryl methyl sites for hydroxylation is 1. The van der Waals surface area contributed by atoms with Crippen LogP contribution in [0.2, 0.25) is 5.02 Å². The summed E-state index contributed by atoms with van der Waals surface area (Å²) < 4.78 is 11.6. The van der Waals surface area contributed by atoms with Crippen molar-refractivity contribution < 1.29 is 18.7 Å². The first kappa shape index (κ1) is 19.8. The molecule has 0 saturated carbocycles. The van der Waals surface area contributed by atoms with Crippen molar-refractivity contribution in [2.45, 2.75) is 31.8 Å². The smallest absolute Gasteiger partial charge is 0.349 e. The number of likely N-dealkylation sites (tertiary alicyclic amines) is 1. The lowest BCUT2D eigenvalue weighted by Crippen LogP contribution is -2.52. The van der Waals surface area contributed by atoms with E-state index in [9.17, 15) is 14.4 Å². The summed E-state index contributed by atoms with van der Waals surface area (Å²) in [6, 6.07) is 12.1. The molecule has 2 aliphatic rings. The van der Waals surface area contributed by atoms with Crippen LogP contribution in [0.25, 0.3) is 11.0 Å². The van der Waals surface area contributed by atoms with Crippen LogP contribution in [0, 0.1) is 6.92 Å². The van der Waals surface area contributed by atoms with E-state index in [1.807, 2.05) is 13.0 Å². The molecule has 1 saturated heterocycles. The van der Waals surface area contributed by atoms with Gasteiger partial charge in [-0.25, -0.2) is 4.79 Å². The molecule has 1 spiro atoms. The minimum absolute atomic E-state index is 0.00176. The third-order valence-corrected chi connectivity index (χ3v) is 6.61. The zero-order valence-electron chi connectivity index (χ0n) is 16.9. The first-order valence-electron chi connectivity index (χ1n) is 10.2. The van der Waals surface area contributed by atoms with Gasteiger partial charge in [0.05, 0.1) is 12.0 Å². The Morgan fingerprint density at radius 1 is 1.10 bits per heavy atom. The van der Waals surface area contributed by atoms with E-state index in [0.717, 1.165) is 5.56 Å². The molecule has 0 radical (unpaired) electrons. The second-order valence-electron chi connectivity index (χ2n) is 8.26. The summed E-state index contributed by atoms with van der Waals surface area (Å²) in [5, 5.41) is 1.24. The maximum Gasteiger partial charge on any atom is 0.349 e. The van der Waals surface area contributed by atoms with Crippen LogP contribution in [0.5, 0.6) is 5.75 Å². The number of hydrogen-bond acceptors (Lipinski definition) is 5. The lowest BCUT2D eigenvalue weighted by Gasteiger charge is -2.44. The van der Waals surface area contributed by atoms with E-state index >= 15 is 0 Å². The molecule has 0 N–H and O–H groups in total. The van der Waals surface area contributed by atoms with Crippen molar-refractivity contribution in [3.05, 3.63) is 74.6 Å². The van der Waals surface area contributed by atoms with Gasteiger partial charge in [-0.05, 0) is 36.8 Å². The van der Waals surface area contributed by atoms with Crippen LogP contribution in [-0.4, -0.2) is 35.3 Å². The summed E-state index contributed by atoms with van der Waals surface area (Å²) in [7, 11) is 0. The fraction of sp³-hybridized carbons (Fsp3) is 0.292.